The van der Waals surface area contributed by atoms with Crippen molar-refractivity contribution in [1.82, 2.24) is 10.2 Å². The molecule has 0 bridgehead atoms. The van der Waals surface area contributed by atoms with Gasteiger partial charge in [-0.05, 0) is 23.8 Å². The first-order chi connectivity index (χ1) is 9.74. The van der Waals surface area contributed by atoms with Crippen LogP contribution in [0, 0.1) is 5.82 Å². The SMILES string of the molecule is O=C(/C=C/c1cccc(F)c1)NCCN1CCOCC1. The zero-order valence-corrected chi connectivity index (χ0v) is 11.3. The highest BCUT2D eigenvalue weighted by molar-refractivity contribution is 5.91. The van der Waals surface area contributed by atoms with Gasteiger partial charge in [-0.1, -0.05) is 12.1 Å². The molecule has 4 nitrogen and oxygen atoms in total. The van der Waals surface area contributed by atoms with E-state index in [1.165, 1.54) is 18.2 Å². The van der Waals surface area contributed by atoms with Crippen molar-refractivity contribution in [2.24, 2.45) is 0 Å². The fraction of sp³-hybridized carbons (Fsp3) is 0.400. The van der Waals surface area contributed by atoms with Crippen LogP contribution in [0.4, 0.5) is 4.39 Å². The van der Waals surface area contributed by atoms with Gasteiger partial charge in [0, 0.05) is 32.3 Å². The Morgan fingerprint density at radius 2 is 2.20 bits per heavy atom. The molecule has 0 aromatic heterocycles. The van der Waals surface area contributed by atoms with Crippen molar-refractivity contribution in [2.75, 3.05) is 39.4 Å². The van der Waals surface area contributed by atoms with Crippen molar-refractivity contribution in [3.05, 3.63) is 41.7 Å². The normalized spacial score (nSPS) is 16.4. The van der Waals surface area contributed by atoms with Crippen LogP contribution >= 0.6 is 0 Å². The van der Waals surface area contributed by atoms with E-state index in [1.807, 2.05) is 0 Å². The van der Waals surface area contributed by atoms with Crippen LogP contribution in [-0.4, -0.2) is 50.2 Å². The molecule has 1 aromatic rings. The molecular weight excluding hydrogens is 259 g/mol. The number of carbonyl (C=O) groups excluding carboxylic acids is 1. The van der Waals surface area contributed by atoms with Gasteiger partial charge in [0.15, 0.2) is 0 Å². The molecule has 0 saturated carbocycles. The highest BCUT2D eigenvalue weighted by Gasteiger charge is 2.09. The molecule has 20 heavy (non-hydrogen) atoms. The van der Waals surface area contributed by atoms with Gasteiger partial charge in [-0.2, -0.15) is 0 Å². The Morgan fingerprint density at radius 3 is 2.95 bits per heavy atom. The summed E-state index contributed by atoms with van der Waals surface area (Å²) < 4.78 is 18.2. The first-order valence-corrected chi connectivity index (χ1v) is 6.75. The van der Waals surface area contributed by atoms with Crippen LogP contribution in [0.2, 0.25) is 0 Å². The Balaban J connectivity index is 1.69. The Bertz CT molecular complexity index is 471. The Kier molecular flexibility index (Phi) is 5.70. The molecule has 0 spiro atoms. The molecule has 1 aliphatic rings. The molecule has 1 heterocycles. The summed E-state index contributed by atoms with van der Waals surface area (Å²) in [5.74, 6) is -0.470. The molecular formula is C15H19FN2O2. The van der Waals surface area contributed by atoms with E-state index in [1.54, 1.807) is 18.2 Å². The van der Waals surface area contributed by atoms with Crippen LogP contribution in [0.5, 0.6) is 0 Å². The topological polar surface area (TPSA) is 41.6 Å². The van der Waals surface area contributed by atoms with Crippen LogP contribution in [0.3, 0.4) is 0 Å². The Hall–Kier alpha value is -1.72. The van der Waals surface area contributed by atoms with E-state index in [0.717, 1.165) is 32.8 Å². The summed E-state index contributed by atoms with van der Waals surface area (Å²) in [5.41, 5.74) is 0.674. The highest BCUT2D eigenvalue weighted by atomic mass is 19.1. The maximum Gasteiger partial charge on any atom is 0.244 e. The number of nitrogens with one attached hydrogen (secondary N) is 1. The van der Waals surface area contributed by atoms with Gasteiger partial charge in [-0.3, -0.25) is 9.69 Å². The van der Waals surface area contributed by atoms with Crippen LogP contribution < -0.4 is 5.32 Å². The first kappa shape index (κ1) is 14.7. The maximum absolute atomic E-state index is 12.9. The third-order valence-electron chi connectivity index (χ3n) is 3.11. The van der Waals surface area contributed by atoms with Gasteiger partial charge >= 0.3 is 0 Å². The zero-order valence-electron chi connectivity index (χ0n) is 11.3. The Labute approximate surface area is 118 Å². The third-order valence-corrected chi connectivity index (χ3v) is 3.11. The quantitative estimate of drug-likeness (QED) is 0.825. The van der Waals surface area contributed by atoms with Gasteiger partial charge in [0.25, 0.3) is 0 Å². The molecule has 1 aliphatic heterocycles. The van der Waals surface area contributed by atoms with Crippen molar-refractivity contribution in [3.8, 4) is 0 Å². The molecule has 2 rings (SSSR count). The second-order valence-electron chi connectivity index (χ2n) is 4.63. The van der Waals surface area contributed by atoms with E-state index >= 15 is 0 Å². The summed E-state index contributed by atoms with van der Waals surface area (Å²) in [6, 6.07) is 6.13. The fourth-order valence-electron chi connectivity index (χ4n) is 2.00. The van der Waals surface area contributed by atoms with Gasteiger partial charge < -0.3 is 10.1 Å². The molecule has 1 aromatic carbocycles. The van der Waals surface area contributed by atoms with Crippen molar-refractivity contribution < 1.29 is 13.9 Å². The summed E-state index contributed by atoms with van der Waals surface area (Å²) in [5, 5.41) is 2.81. The summed E-state index contributed by atoms with van der Waals surface area (Å²) in [4.78, 5) is 13.9. The zero-order chi connectivity index (χ0) is 14.2. The molecule has 1 fully saturated rings. The number of amides is 1. The second kappa shape index (κ2) is 7.77. The third kappa shape index (κ3) is 5.11. The van der Waals surface area contributed by atoms with Gasteiger partial charge in [0.05, 0.1) is 13.2 Å². The van der Waals surface area contributed by atoms with E-state index in [9.17, 15) is 9.18 Å². The van der Waals surface area contributed by atoms with Gasteiger partial charge in [0.1, 0.15) is 5.82 Å². The van der Waals surface area contributed by atoms with Crippen molar-refractivity contribution in [2.45, 2.75) is 0 Å². The standard InChI is InChI=1S/C15H19FN2O2/c16-14-3-1-2-13(12-14)4-5-15(19)17-6-7-18-8-10-20-11-9-18/h1-5,12H,6-11H2,(H,17,19)/b5-4+. The average molecular weight is 278 g/mol. The maximum atomic E-state index is 12.9. The molecule has 1 N–H and O–H groups in total. The molecule has 108 valence electrons. The molecule has 0 unspecified atom stereocenters. The number of benzene rings is 1. The summed E-state index contributed by atoms with van der Waals surface area (Å²) >= 11 is 0. The largest absolute Gasteiger partial charge is 0.379 e. The van der Waals surface area contributed by atoms with Crippen LogP contribution in [0.25, 0.3) is 6.08 Å². The predicted octanol–water partition coefficient (Wildman–Crippen LogP) is 1.29. The van der Waals surface area contributed by atoms with Crippen molar-refractivity contribution in [1.29, 1.82) is 0 Å². The molecule has 0 atom stereocenters. The molecule has 0 radical (unpaired) electrons. The summed E-state index contributed by atoms with van der Waals surface area (Å²) in [6.07, 6.45) is 3.03. The summed E-state index contributed by atoms with van der Waals surface area (Å²) in [7, 11) is 0. The number of hydrogen-bond acceptors (Lipinski definition) is 3. The van der Waals surface area contributed by atoms with E-state index in [0.29, 0.717) is 12.1 Å². The monoisotopic (exact) mass is 278 g/mol. The number of ether oxygens (including phenoxy) is 1. The van der Waals surface area contributed by atoms with Crippen molar-refractivity contribution >= 4 is 12.0 Å². The van der Waals surface area contributed by atoms with Gasteiger partial charge in [-0.15, -0.1) is 0 Å². The molecule has 1 amide bonds. The number of rotatable bonds is 5. The second-order valence-corrected chi connectivity index (χ2v) is 4.63. The Morgan fingerprint density at radius 1 is 1.40 bits per heavy atom. The smallest absolute Gasteiger partial charge is 0.244 e. The number of morpholine rings is 1. The first-order valence-electron chi connectivity index (χ1n) is 6.75. The van der Waals surface area contributed by atoms with Crippen LogP contribution in [-0.2, 0) is 9.53 Å². The van der Waals surface area contributed by atoms with Gasteiger partial charge in [-0.25, -0.2) is 4.39 Å². The molecule has 1 saturated heterocycles. The van der Waals surface area contributed by atoms with E-state index in [-0.39, 0.29) is 11.7 Å². The average Bonchev–Trinajstić information content (AvgIpc) is 2.46. The minimum Gasteiger partial charge on any atom is -0.379 e. The van der Waals surface area contributed by atoms with Crippen molar-refractivity contribution in [3.63, 3.8) is 0 Å². The van der Waals surface area contributed by atoms with Crippen LogP contribution in [0.15, 0.2) is 30.3 Å². The van der Waals surface area contributed by atoms with E-state index < -0.39 is 0 Å². The summed E-state index contributed by atoms with van der Waals surface area (Å²) in [6.45, 7) is 4.76. The molecule has 0 aliphatic carbocycles. The minimum absolute atomic E-state index is 0.164. The lowest BCUT2D eigenvalue weighted by atomic mass is 10.2. The lowest BCUT2D eigenvalue weighted by Gasteiger charge is -2.26. The fourth-order valence-corrected chi connectivity index (χ4v) is 2.00. The van der Waals surface area contributed by atoms with Gasteiger partial charge in [0.2, 0.25) is 5.91 Å². The number of nitrogens with zero attached hydrogens (tertiary/aromatic N) is 1. The number of hydrogen-bond donors (Lipinski definition) is 1. The lowest BCUT2D eigenvalue weighted by molar-refractivity contribution is -0.116. The molecule has 5 heteroatoms. The van der Waals surface area contributed by atoms with Crippen LogP contribution in [0.1, 0.15) is 5.56 Å². The predicted molar refractivity (Wildman–Crippen MR) is 75.7 cm³/mol. The van der Waals surface area contributed by atoms with E-state index in [4.69, 9.17) is 4.74 Å². The minimum atomic E-state index is -0.306. The lowest BCUT2D eigenvalue weighted by Crippen LogP contribution is -2.41. The number of halogens is 1. The van der Waals surface area contributed by atoms with E-state index in [2.05, 4.69) is 10.2 Å². The number of carbonyl (C=O) groups is 1. The highest BCUT2D eigenvalue weighted by Crippen LogP contribution is 2.05.